The number of benzene rings is 1. The van der Waals surface area contributed by atoms with Gasteiger partial charge in [0.05, 0.1) is 12.0 Å². The number of unbranched alkanes of at least 4 members (excludes halogenated alkanes) is 1. The third kappa shape index (κ3) is 5.25. The van der Waals surface area contributed by atoms with E-state index in [1.807, 2.05) is 23.3 Å². The Labute approximate surface area is 184 Å². The third-order valence-electron chi connectivity index (χ3n) is 6.05. The Kier molecular flexibility index (Phi) is 8.05. The molecular formula is C24H33FN4O2. The molecule has 0 bridgehead atoms. The molecule has 0 unspecified atom stereocenters. The van der Waals surface area contributed by atoms with Crippen LogP contribution in [0.5, 0.6) is 0 Å². The molecule has 168 valence electrons. The molecule has 3 rings (SSSR count). The van der Waals surface area contributed by atoms with Gasteiger partial charge >= 0.3 is 0 Å². The van der Waals surface area contributed by atoms with E-state index in [9.17, 15) is 14.4 Å². The molecule has 1 atom stereocenters. The molecule has 1 aliphatic rings. The zero-order chi connectivity index (χ0) is 22.4. The number of carbonyl (C=O) groups excluding carboxylic acids is 1. The second-order valence-corrected chi connectivity index (χ2v) is 8.52. The molecule has 0 radical (unpaired) electrons. The van der Waals surface area contributed by atoms with Crippen LogP contribution < -0.4 is 5.32 Å². The lowest BCUT2D eigenvalue weighted by Gasteiger charge is -2.37. The van der Waals surface area contributed by atoms with Crippen molar-refractivity contribution in [3.05, 3.63) is 35.3 Å². The van der Waals surface area contributed by atoms with E-state index < -0.39 is 0 Å². The molecule has 0 aliphatic carbocycles. The SMILES string of the molecule is COCCCCn1c(CC(=O)N(C(C)C)[C@@H]2CCCNC2)c(C#N)c2cc(F)ccc21. The van der Waals surface area contributed by atoms with Crippen molar-refractivity contribution in [2.75, 3.05) is 26.8 Å². The van der Waals surface area contributed by atoms with Crippen LogP contribution in [0.15, 0.2) is 18.2 Å². The average molecular weight is 429 g/mol. The summed E-state index contributed by atoms with van der Waals surface area (Å²) in [6.45, 7) is 7.16. The molecule has 7 heteroatoms. The number of ether oxygens (including phenoxy) is 1. The molecule has 2 heterocycles. The number of halogens is 1. The first-order valence-electron chi connectivity index (χ1n) is 11.2. The molecule has 1 aliphatic heterocycles. The number of amides is 1. The molecule has 31 heavy (non-hydrogen) atoms. The van der Waals surface area contributed by atoms with Gasteiger partial charge in [-0.15, -0.1) is 0 Å². The van der Waals surface area contributed by atoms with Gasteiger partial charge in [0.2, 0.25) is 5.91 Å². The van der Waals surface area contributed by atoms with E-state index in [0.29, 0.717) is 29.8 Å². The number of hydrogen-bond donors (Lipinski definition) is 1. The lowest BCUT2D eigenvalue weighted by atomic mass is 10.0. The maximum absolute atomic E-state index is 14.0. The number of aromatic nitrogens is 1. The predicted octanol–water partition coefficient (Wildman–Crippen LogP) is 3.61. The minimum Gasteiger partial charge on any atom is -0.385 e. The number of nitrogens with zero attached hydrogens (tertiary/aromatic N) is 3. The van der Waals surface area contributed by atoms with Gasteiger partial charge in [0, 0.05) is 55.5 Å². The van der Waals surface area contributed by atoms with Gasteiger partial charge in [0.15, 0.2) is 0 Å². The Hall–Kier alpha value is -2.43. The van der Waals surface area contributed by atoms with Crippen LogP contribution in [-0.2, 0) is 22.5 Å². The largest absolute Gasteiger partial charge is 0.385 e. The van der Waals surface area contributed by atoms with Crippen molar-refractivity contribution in [2.24, 2.45) is 0 Å². The Morgan fingerprint density at radius 2 is 2.23 bits per heavy atom. The molecule has 1 aromatic heterocycles. The van der Waals surface area contributed by atoms with Gasteiger partial charge in [-0.3, -0.25) is 4.79 Å². The minimum absolute atomic E-state index is 0.0154. The summed E-state index contributed by atoms with van der Waals surface area (Å²) < 4.78 is 21.1. The average Bonchev–Trinajstić information content (AvgIpc) is 3.03. The molecule has 1 amide bonds. The van der Waals surface area contributed by atoms with Gasteiger partial charge in [-0.25, -0.2) is 4.39 Å². The topological polar surface area (TPSA) is 70.3 Å². The highest BCUT2D eigenvalue weighted by Gasteiger charge is 2.29. The standard InChI is InChI=1S/C24H33FN4O2/c1-17(2)29(19-7-6-10-27-16-19)24(30)14-23-21(15-26)20-13-18(25)8-9-22(20)28(23)11-4-5-12-31-3/h8-9,13,17,19,27H,4-7,10-12,14,16H2,1-3H3/t19-/m1/s1. The Morgan fingerprint density at radius 3 is 2.87 bits per heavy atom. The van der Waals surface area contributed by atoms with Gasteiger partial charge in [-0.2, -0.15) is 5.26 Å². The van der Waals surface area contributed by atoms with E-state index in [1.54, 1.807) is 13.2 Å². The Morgan fingerprint density at radius 1 is 1.42 bits per heavy atom. The third-order valence-corrected chi connectivity index (χ3v) is 6.05. The maximum Gasteiger partial charge on any atom is 0.229 e. The zero-order valence-corrected chi connectivity index (χ0v) is 18.8. The van der Waals surface area contributed by atoms with Crippen molar-refractivity contribution < 1.29 is 13.9 Å². The Bertz CT molecular complexity index is 941. The molecule has 1 saturated heterocycles. The number of nitrogens with one attached hydrogen (secondary N) is 1. The maximum atomic E-state index is 14.0. The van der Waals surface area contributed by atoms with Crippen molar-refractivity contribution >= 4 is 16.8 Å². The summed E-state index contributed by atoms with van der Waals surface area (Å²) in [6.07, 6.45) is 3.88. The van der Waals surface area contributed by atoms with Crippen molar-refractivity contribution in [1.29, 1.82) is 5.26 Å². The quantitative estimate of drug-likeness (QED) is 0.620. The number of rotatable bonds is 9. The molecule has 2 aromatic rings. The van der Waals surface area contributed by atoms with E-state index in [-0.39, 0.29) is 30.2 Å². The lowest BCUT2D eigenvalue weighted by molar-refractivity contribution is -0.135. The summed E-state index contributed by atoms with van der Waals surface area (Å²) in [6, 6.07) is 6.99. The van der Waals surface area contributed by atoms with Crippen LogP contribution in [-0.4, -0.2) is 54.3 Å². The highest BCUT2D eigenvalue weighted by atomic mass is 19.1. The van der Waals surface area contributed by atoms with Gasteiger partial charge in [-0.1, -0.05) is 0 Å². The summed E-state index contributed by atoms with van der Waals surface area (Å²) in [5.41, 5.74) is 1.88. The summed E-state index contributed by atoms with van der Waals surface area (Å²) in [7, 11) is 1.67. The normalized spacial score (nSPS) is 16.6. The highest BCUT2D eigenvalue weighted by molar-refractivity contribution is 5.90. The molecule has 0 spiro atoms. The molecular weight excluding hydrogens is 395 g/mol. The molecule has 0 saturated carbocycles. The summed E-state index contributed by atoms with van der Waals surface area (Å²) in [5, 5.41) is 13.9. The van der Waals surface area contributed by atoms with Crippen LogP contribution in [0.1, 0.15) is 50.8 Å². The van der Waals surface area contributed by atoms with Crippen molar-refractivity contribution in [3.8, 4) is 6.07 Å². The first-order chi connectivity index (χ1) is 15.0. The fraction of sp³-hybridized carbons (Fsp3) is 0.583. The Balaban J connectivity index is 1.96. The van der Waals surface area contributed by atoms with Gasteiger partial charge < -0.3 is 19.5 Å². The zero-order valence-electron chi connectivity index (χ0n) is 18.8. The van der Waals surface area contributed by atoms with E-state index in [0.717, 1.165) is 44.3 Å². The number of fused-ring (bicyclic) bond motifs is 1. The van der Waals surface area contributed by atoms with Crippen LogP contribution >= 0.6 is 0 Å². The van der Waals surface area contributed by atoms with E-state index in [1.165, 1.54) is 12.1 Å². The summed E-state index contributed by atoms with van der Waals surface area (Å²) in [5.74, 6) is -0.364. The minimum atomic E-state index is -0.379. The van der Waals surface area contributed by atoms with E-state index in [4.69, 9.17) is 4.74 Å². The second-order valence-electron chi connectivity index (χ2n) is 8.52. The van der Waals surface area contributed by atoms with Crippen molar-refractivity contribution in [1.82, 2.24) is 14.8 Å². The number of nitriles is 1. The number of methoxy groups -OCH3 is 1. The number of carbonyl (C=O) groups is 1. The van der Waals surface area contributed by atoms with Crippen LogP contribution in [0, 0.1) is 17.1 Å². The number of aryl methyl sites for hydroxylation is 1. The first-order valence-corrected chi connectivity index (χ1v) is 11.2. The van der Waals surface area contributed by atoms with E-state index >= 15 is 0 Å². The van der Waals surface area contributed by atoms with Gasteiger partial charge in [0.25, 0.3) is 0 Å². The van der Waals surface area contributed by atoms with Crippen LogP contribution in [0.4, 0.5) is 4.39 Å². The number of piperidine rings is 1. The predicted molar refractivity (Wildman–Crippen MR) is 119 cm³/mol. The van der Waals surface area contributed by atoms with Crippen LogP contribution in [0.3, 0.4) is 0 Å². The van der Waals surface area contributed by atoms with Gasteiger partial charge in [-0.05, 0) is 64.3 Å². The number of hydrogen-bond acceptors (Lipinski definition) is 4. The highest BCUT2D eigenvalue weighted by Crippen LogP contribution is 2.29. The van der Waals surface area contributed by atoms with Crippen LogP contribution in [0.2, 0.25) is 0 Å². The molecule has 1 aromatic carbocycles. The molecule has 1 fully saturated rings. The lowest BCUT2D eigenvalue weighted by Crippen LogP contribution is -2.52. The van der Waals surface area contributed by atoms with Crippen LogP contribution in [0.25, 0.3) is 10.9 Å². The molecule has 1 N–H and O–H groups in total. The monoisotopic (exact) mass is 428 g/mol. The first kappa shape index (κ1) is 23.2. The van der Waals surface area contributed by atoms with Gasteiger partial charge in [0.1, 0.15) is 11.9 Å². The fourth-order valence-electron chi connectivity index (χ4n) is 4.68. The fourth-order valence-corrected chi connectivity index (χ4v) is 4.68. The molecule has 6 nitrogen and oxygen atoms in total. The smallest absolute Gasteiger partial charge is 0.229 e. The summed E-state index contributed by atoms with van der Waals surface area (Å²) in [4.78, 5) is 15.4. The van der Waals surface area contributed by atoms with E-state index in [2.05, 4.69) is 11.4 Å². The summed E-state index contributed by atoms with van der Waals surface area (Å²) >= 11 is 0. The van der Waals surface area contributed by atoms with Crippen molar-refractivity contribution in [2.45, 2.75) is 64.6 Å². The second kappa shape index (κ2) is 10.7. The van der Waals surface area contributed by atoms with Crippen molar-refractivity contribution in [3.63, 3.8) is 0 Å².